The Bertz CT molecular complexity index is 1190. The number of imide groups is 1. The predicted octanol–water partition coefficient (Wildman–Crippen LogP) is 1.61. The normalized spacial score (nSPS) is 10.4. The summed E-state index contributed by atoms with van der Waals surface area (Å²) in [5, 5.41) is 4.88. The first-order valence-corrected chi connectivity index (χ1v) is 9.22. The monoisotopic (exact) mass is 424 g/mol. The number of anilines is 1. The number of urea groups is 1. The molecular weight excluding hydrogens is 404 g/mol. The Hall–Kier alpha value is -4.21. The number of carbonyl (C=O) groups is 3. The molecule has 0 fully saturated rings. The number of hydrogen-bond donors (Lipinski definition) is 2. The Balaban J connectivity index is 1.50. The zero-order valence-corrected chi connectivity index (χ0v) is 16.9. The van der Waals surface area contributed by atoms with E-state index in [1.165, 1.54) is 13.4 Å². The van der Waals surface area contributed by atoms with Crippen molar-refractivity contribution in [2.45, 2.75) is 13.5 Å². The van der Waals surface area contributed by atoms with E-state index in [0.717, 1.165) is 10.1 Å². The topological polar surface area (TPSA) is 129 Å². The van der Waals surface area contributed by atoms with E-state index in [2.05, 4.69) is 10.3 Å². The molecule has 3 rings (SSSR count). The number of para-hydroxylation sites is 1. The molecule has 0 aliphatic carbocycles. The molecule has 1 aromatic heterocycles. The summed E-state index contributed by atoms with van der Waals surface area (Å²) in [7, 11) is 1.52. The van der Waals surface area contributed by atoms with Gasteiger partial charge in [-0.3, -0.25) is 24.3 Å². The maximum atomic E-state index is 12.5. The van der Waals surface area contributed by atoms with Gasteiger partial charge in [-0.2, -0.15) is 0 Å². The lowest BCUT2D eigenvalue weighted by atomic mass is 10.1. The first-order chi connectivity index (χ1) is 14.9. The van der Waals surface area contributed by atoms with Crippen molar-refractivity contribution in [2.75, 3.05) is 19.0 Å². The summed E-state index contributed by atoms with van der Waals surface area (Å²) in [6.45, 7) is 0.738. The first-order valence-electron chi connectivity index (χ1n) is 9.22. The minimum atomic E-state index is -0.820. The van der Waals surface area contributed by atoms with E-state index in [9.17, 15) is 19.2 Å². The van der Waals surface area contributed by atoms with Crippen LogP contribution in [0.5, 0.6) is 5.75 Å². The van der Waals surface area contributed by atoms with Crippen molar-refractivity contribution >= 4 is 34.5 Å². The molecule has 0 unspecified atom stereocenters. The number of methoxy groups -OCH3 is 1. The van der Waals surface area contributed by atoms with Crippen molar-refractivity contribution in [3.05, 3.63) is 64.7 Å². The number of carbonyl (C=O) groups excluding carboxylic acids is 3. The molecule has 3 amide bonds. The van der Waals surface area contributed by atoms with Crippen LogP contribution in [0.2, 0.25) is 0 Å². The van der Waals surface area contributed by atoms with Gasteiger partial charge in [0.15, 0.2) is 6.61 Å². The van der Waals surface area contributed by atoms with Gasteiger partial charge in [0.25, 0.3) is 11.5 Å². The Labute approximate surface area is 176 Å². The van der Waals surface area contributed by atoms with E-state index >= 15 is 0 Å². The van der Waals surface area contributed by atoms with Crippen LogP contribution in [0.3, 0.4) is 0 Å². The van der Waals surface area contributed by atoms with Gasteiger partial charge in [0, 0.05) is 5.69 Å². The van der Waals surface area contributed by atoms with Crippen LogP contribution in [0.1, 0.15) is 5.56 Å². The molecule has 0 saturated carbocycles. The number of aryl methyl sites for hydroxylation is 1. The molecular formula is C21H20N4O6. The Morgan fingerprint density at radius 1 is 1.10 bits per heavy atom. The molecule has 2 N–H and O–H groups in total. The van der Waals surface area contributed by atoms with Crippen LogP contribution in [0.25, 0.3) is 10.9 Å². The average Bonchev–Trinajstić information content (AvgIpc) is 2.75. The number of esters is 1. The highest BCUT2D eigenvalue weighted by Crippen LogP contribution is 2.14. The number of amides is 3. The van der Waals surface area contributed by atoms with Gasteiger partial charge in [0.05, 0.1) is 24.3 Å². The molecule has 1 heterocycles. The summed E-state index contributed by atoms with van der Waals surface area (Å²) in [6.07, 6.45) is 1.25. The molecule has 0 saturated heterocycles. The lowest BCUT2D eigenvalue weighted by molar-refractivity contribution is -0.148. The number of nitrogens with one attached hydrogen (secondary N) is 2. The fourth-order valence-corrected chi connectivity index (χ4v) is 2.78. The maximum Gasteiger partial charge on any atom is 0.326 e. The summed E-state index contributed by atoms with van der Waals surface area (Å²) < 4.78 is 11.0. The fourth-order valence-electron chi connectivity index (χ4n) is 2.78. The third kappa shape index (κ3) is 5.44. The molecule has 3 aromatic rings. The van der Waals surface area contributed by atoms with E-state index in [0.29, 0.717) is 22.3 Å². The maximum absolute atomic E-state index is 12.5. The highest BCUT2D eigenvalue weighted by molar-refractivity contribution is 6.01. The van der Waals surface area contributed by atoms with E-state index in [1.54, 1.807) is 36.4 Å². The van der Waals surface area contributed by atoms with E-state index in [4.69, 9.17) is 9.47 Å². The quantitative estimate of drug-likeness (QED) is 0.575. The number of benzene rings is 2. The Morgan fingerprint density at radius 3 is 2.55 bits per heavy atom. The van der Waals surface area contributed by atoms with Crippen LogP contribution in [-0.4, -0.2) is 41.2 Å². The van der Waals surface area contributed by atoms with Gasteiger partial charge in [0.1, 0.15) is 12.3 Å². The van der Waals surface area contributed by atoms with Crippen LogP contribution in [0, 0.1) is 6.92 Å². The van der Waals surface area contributed by atoms with Gasteiger partial charge >= 0.3 is 12.0 Å². The van der Waals surface area contributed by atoms with Crippen LogP contribution in [0.15, 0.2) is 53.6 Å². The molecule has 10 nitrogen and oxygen atoms in total. The van der Waals surface area contributed by atoms with Crippen LogP contribution in [-0.2, 0) is 20.9 Å². The molecule has 0 radical (unpaired) electrons. The van der Waals surface area contributed by atoms with Crippen molar-refractivity contribution in [1.29, 1.82) is 0 Å². The molecule has 10 heteroatoms. The largest absolute Gasteiger partial charge is 0.497 e. The molecule has 160 valence electrons. The highest BCUT2D eigenvalue weighted by atomic mass is 16.5. The van der Waals surface area contributed by atoms with Gasteiger partial charge in [-0.15, -0.1) is 0 Å². The minimum absolute atomic E-state index is 0.378. The third-order valence-corrected chi connectivity index (χ3v) is 4.32. The average molecular weight is 424 g/mol. The van der Waals surface area contributed by atoms with Crippen LogP contribution in [0.4, 0.5) is 10.5 Å². The summed E-state index contributed by atoms with van der Waals surface area (Å²) in [6, 6.07) is 10.9. The highest BCUT2D eigenvalue weighted by Gasteiger charge is 2.13. The Morgan fingerprint density at radius 2 is 1.84 bits per heavy atom. The lowest BCUT2D eigenvalue weighted by Crippen LogP contribution is -2.37. The second-order valence-electron chi connectivity index (χ2n) is 6.54. The number of ether oxygens (including phenoxy) is 2. The summed E-state index contributed by atoms with van der Waals surface area (Å²) in [5.74, 6) is -1.02. The standard InChI is InChI=1S/C21H20N4O6/c1-13-4-3-5-16-19(13)22-12-25(20(16)28)10-18(27)31-11-17(26)24-21(29)23-14-6-8-15(30-2)9-7-14/h3-9,12H,10-11H2,1-2H3,(H2,23,24,26,29). The van der Waals surface area contributed by atoms with Crippen molar-refractivity contribution in [3.63, 3.8) is 0 Å². The van der Waals surface area contributed by atoms with Gasteiger partial charge in [-0.25, -0.2) is 9.78 Å². The summed E-state index contributed by atoms with van der Waals surface area (Å²) in [5.41, 5.74) is 1.45. The SMILES string of the molecule is COc1ccc(NC(=O)NC(=O)COC(=O)Cn2cnc3c(C)cccc3c2=O)cc1. The molecule has 0 spiro atoms. The summed E-state index contributed by atoms with van der Waals surface area (Å²) >= 11 is 0. The predicted molar refractivity (Wildman–Crippen MR) is 112 cm³/mol. The number of nitrogens with zero attached hydrogens (tertiary/aromatic N) is 2. The number of rotatable bonds is 6. The number of fused-ring (bicyclic) bond motifs is 1. The molecule has 31 heavy (non-hydrogen) atoms. The summed E-state index contributed by atoms with van der Waals surface area (Å²) in [4.78, 5) is 52.4. The number of aromatic nitrogens is 2. The zero-order valence-electron chi connectivity index (χ0n) is 16.9. The van der Waals surface area contributed by atoms with Crippen molar-refractivity contribution in [3.8, 4) is 5.75 Å². The zero-order chi connectivity index (χ0) is 22.4. The van der Waals surface area contributed by atoms with E-state index in [-0.39, 0.29) is 0 Å². The van der Waals surface area contributed by atoms with Crippen LogP contribution >= 0.6 is 0 Å². The first kappa shape index (κ1) is 21.5. The smallest absolute Gasteiger partial charge is 0.326 e. The lowest BCUT2D eigenvalue weighted by Gasteiger charge is -2.09. The van der Waals surface area contributed by atoms with Crippen molar-refractivity contribution in [1.82, 2.24) is 14.9 Å². The van der Waals surface area contributed by atoms with E-state index in [1.807, 2.05) is 18.3 Å². The minimum Gasteiger partial charge on any atom is -0.497 e. The second-order valence-corrected chi connectivity index (χ2v) is 6.54. The van der Waals surface area contributed by atoms with Gasteiger partial charge in [-0.1, -0.05) is 12.1 Å². The molecule has 0 atom stereocenters. The van der Waals surface area contributed by atoms with Gasteiger partial charge < -0.3 is 14.8 Å². The number of hydrogen-bond acceptors (Lipinski definition) is 7. The molecule has 0 aliphatic heterocycles. The molecule has 0 aliphatic rings. The van der Waals surface area contributed by atoms with Gasteiger partial charge in [-0.05, 0) is 42.8 Å². The van der Waals surface area contributed by atoms with Crippen LogP contribution < -0.4 is 20.9 Å². The second kappa shape index (κ2) is 9.53. The van der Waals surface area contributed by atoms with Crippen molar-refractivity contribution in [2.24, 2.45) is 0 Å². The Kier molecular flexibility index (Phi) is 6.61. The van der Waals surface area contributed by atoms with Gasteiger partial charge in [0.2, 0.25) is 0 Å². The fraction of sp³-hybridized carbons (Fsp3) is 0.190. The molecule has 2 aromatic carbocycles. The molecule has 0 bridgehead atoms. The van der Waals surface area contributed by atoms with E-state index < -0.39 is 36.6 Å². The third-order valence-electron chi connectivity index (χ3n) is 4.32. The van der Waals surface area contributed by atoms with Crippen molar-refractivity contribution < 1.29 is 23.9 Å².